The third-order valence-corrected chi connectivity index (χ3v) is 8.99. The summed E-state index contributed by atoms with van der Waals surface area (Å²) in [4.78, 5) is 14.8. The summed E-state index contributed by atoms with van der Waals surface area (Å²) in [5, 5.41) is 2.16. The molecule has 0 aliphatic heterocycles. The van der Waals surface area contributed by atoms with Crippen LogP contribution in [0.5, 0.6) is 0 Å². The summed E-state index contributed by atoms with van der Waals surface area (Å²) < 4.78 is 6.19. The Labute approximate surface area is 284 Å². The highest BCUT2D eigenvalue weighted by molar-refractivity contribution is 6.05. The molecule has 0 N–H and O–H groups in total. The Kier molecular flexibility index (Phi) is 7.10. The highest BCUT2D eigenvalue weighted by Gasteiger charge is 2.15. The third-order valence-electron chi connectivity index (χ3n) is 8.99. The van der Waals surface area contributed by atoms with Crippen LogP contribution in [0.2, 0.25) is 0 Å². The minimum Gasteiger partial charge on any atom is -0.456 e. The van der Waals surface area contributed by atoms with E-state index in [0.717, 1.165) is 49.8 Å². The van der Waals surface area contributed by atoms with Gasteiger partial charge in [-0.2, -0.15) is 0 Å². The van der Waals surface area contributed by atoms with E-state index in [9.17, 15) is 0 Å². The lowest BCUT2D eigenvalue weighted by Gasteiger charge is -2.11. The van der Waals surface area contributed by atoms with Crippen molar-refractivity contribution in [3.8, 4) is 67.5 Å². The van der Waals surface area contributed by atoms with E-state index >= 15 is 0 Å². The second-order valence-electron chi connectivity index (χ2n) is 12.0. The van der Waals surface area contributed by atoms with Crippen LogP contribution >= 0.6 is 0 Å². The number of fused-ring (bicyclic) bond motifs is 3. The summed E-state index contributed by atoms with van der Waals surface area (Å²) in [7, 11) is 0. The molecule has 0 unspecified atom stereocenters. The van der Waals surface area contributed by atoms with Crippen LogP contribution in [-0.2, 0) is 0 Å². The molecular formula is C45H29N3O. The zero-order valence-corrected chi connectivity index (χ0v) is 26.5. The molecule has 49 heavy (non-hydrogen) atoms. The topological polar surface area (TPSA) is 51.8 Å². The zero-order chi connectivity index (χ0) is 32.6. The van der Waals surface area contributed by atoms with Crippen molar-refractivity contribution in [2.45, 2.75) is 0 Å². The molecule has 4 nitrogen and oxygen atoms in total. The van der Waals surface area contributed by atoms with Gasteiger partial charge in [0.05, 0.1) is 0 Å². The maximum atomic E-state index is 6.19. The van der Waals surface area contributed by atoms with Crippen LogP contribution < -0.4 is 0 Å². The average Bonchev–Trinajstić information content (AvgIpc) is 3.57. The highest BCUT2D eigenvalue weighted by Crippen LogP contribution is 2.35. The van der Waals surface area contributed by atoms with Crippen molar-refractivity contribution in [1.29, 1.82) is 0 Å². The first-order chi connectivity index (χ1) is 24.3. The van der Waals surface area contributed by atoms with E-state index in [0.29, 0.717) is 17.5 Å². The molecule has 9 rings (SSSR count). The molecule has 0 saturated carbocycles. The van der Waals surface area contributed by atoms with Crippen molar-refractivity contribution in [3.05, 3.63) is 176 Å². The number of benzene rings is 7. The Morgan fingerprint density at radius 2 is 0.694 bits per heavy atom. The molecular weight excluding hydrogens is 599 g/mol. The van der Waals surface area contributed by atoms with Crippen LogP contribution in [-0.4, -0.2) is 15.0 Å². The molecule has 230 valence electrons. The number of hydrogen-bond donors (Lipinski definition) is 0. The fraction of sp³-hybridized carbons (Fsp3) is 0. The number of furan rings is 1. The van der Waals surface area contributed by atoms with Crippen molar-refractivity contribution in [2.75, 3.05) is 0 Å². The fourth-order valence-electron chi connectivity index (χ4n) is 6.47. The van der Waals surface area contributed by atoms with Crippen molar-refractivity contribution in [2.24, 2.45) is 0 Å². The second-order valence-corrected chi connectivity index (χ2v) is 12.0. The highest BCUT2D eigenvalue weighted by atomic mass is 16.3. The first-order valence-corrected chi connectivity index (χ1v) is 16.4. The van der Waals surface area contributed by atoms with Gasteiger partial charge in [0.25, 0.3) is 0 Å². The van der Waals surface area contributed by atoms with Gasteiger partial charge in [0.2, 0.25) is 0 Å². The van der Waals surface area contributed by atoms with Crippen molar-refractivity contribution in [1.82, 2.24) is 15.0 Å². The van der Waals surface area contributed by atoms with Crippen LogP contribution in [0, 0.1) is 0 Å². The summed E-state index contributed by atoms with van der Waals surface area (Å²) in [5.41, 5.74) is 11.5. The van der Waals surface area contributed by atoms with Gasteiger partial charge in [-0.15, -0.1) is 0 Å². The van der Waals surface area contributed by atoms with E-state index in [1.54, 1.807) is 0 Å². The molecule has 2 heterocycles. The molecule has 0 fully saturated rings. The van der Waals surface area contributed by atoms with E-state index in [1.807, 2.05) is 54.6 Å². The molecule has 0 aliphatic carbocycles. The quantitative estimate of drug-likeness (QED) is 0.184. The average molecular weight is 628 g/mol. The van der Waals surface area contributed by atoms with E-state index < -0.39 is 0 Å². The Morgan fingerprint density at radius 1 is 0.286 bits per heavy atom. The molecule has 0 saturated heterocycles. The molecule has 0 bridgehead atoms. The minimum atomic E-state index is 0.599. The maximum absolute atomic E-state index is 6.19. The minimum absolute atomic E-state index is 0.599. The Bertz CT molecular complexity index is 2570. The van der Waals surface area contributed by atoms with E-state index in [4.69, 9.17) is 19.4 Å². The van der Waals surface area contributed by atoms with Gasteiger partial charge in [-0.25, -0.2) is 15.0 Å². The van der Waals surface area contributed by atoms with Crippen LogP contribution in [0.25, 0.3) is 89.5 Å². The van der Waals surface area contributed by atoms with E-state index in [-0.39, 0.29) is 0 Å². The summed E-state index contributed by atoms with van der Waals surface area (Å²) in [6.45, 7) is 0. The summed E-state index contributed by atoms with van der Waals surface area (Å²) in [5.74, 6) is 1.84. The van der Waals surface area contributed by atoms with Crippen molar-refractivity contribution >= 4 is 21.9 Å². The Hall–Kier alpha value is -6.65. The molecule has 0 atom stereocenters. The van der Waals surface area contributed by atoms with E-state index in [1.165, 1.54) is 22.3 Å². The number of aromatic nitrogens is 3. The molecule has 4 heteroatoms. The van der Waals surface area contributed by atoms with Gasteiger partial charge in [-0.1, -0.05) is 158 Å². The molecule has 2 aromatic heterocycles. The van der Waals surface area contributed by atoms with Crippen LogP contribution in [0.3, 0.4) is 0 Å². The predicted octanol–water partition coefficient (Wildman–Crippen LogP) is 11.8. The van der Waals surface area contributed by atoms with Gasteiger partial charge in [0.1, 0.15) is 11.2 Å². The maximum Gasteiger partial charge on any atom is 0.164 e. The number of hydrogen-bond acceptors (Lipinski definition) is 4. The molecule has 0 aliphatic rings. The third kappa shape index (κ3) is 5.45. The monoisotopic (exact) mass is 627 g/mol. The summed E-state index contributed by atoms with van der Waals surface area (Å²) in [6.07, 6.45) is 0. The number of nitrogens with zero attached hydrogens (tertiary/aromatic N) is 3. The first kappa shape index (κ1) is 28.6. The molecule has 7 aromatic carbocycles. The van der Waals surface area contributed by atoms with Crippen molar-refractivity contribution < 1.29 is 4.42 Å². The van der Waals surface area contributed by atoms with Gasteiger partial charge in [-0.05, 0) is 51.6 Å². The number of para-hydroxylation sites is 1. The summed E-state index contributed by atoms with van der Waals surface area (Å²) >= 11 is 0. The lowest BCUT2D eigenvalue weighted by molar-refractivity contribution is 0.669. The van der Waals surface area contributed by atoms with Gasteiger partial charge in [0.15, 0.2) is 17.5 Å². The van der Waals surface area contributed by atoms with Gasteiger partial charge >= 0.3 is 0 Å². The normalized spacial score (nSPS) is 11.3. The van der Waals surface area contributed by atoms with Gasteiger partial charge in [0, 0.05) is 27.5 Å². The largest absolute Gasteiger partial charge is 0.456 e. The van der Waals surface area contributed by atoms with Crippen LogP contribution in [0.1, 0.15) is 0 Å². The second kappa shape index (κ2) is 12.2. The summed E-state index contributed by atoms with van der Waals surface area (Å²) in [6, 6.07) is 60.6. The lowest BCUT2D eigenvalue weighted by atomic mass is 9.93. The SMILES string of the molecule is c1ccc(-c2nc(-c3ccc(-c4ccc(-c5ccccc5-c5ccccc5)cc4)cc3)nc(-c3ccc4c(c3)oc3ccccc34)n2)cc1. The fourth-order valence-corrected chi connectivity index (χ4v) is 6.47. The van der Waals surface area contributed by atoms with Gasteiger partial charge in [-0.3, -0.25) is 0 Å². The molecule has 9 aromatic rings. The lowest BCUT2D eigenvalue weighted by Crippen LogP contribution is -2.00. The molecule has 0 spiro atoms. The smallest absolute Gasteiger partial charge is 0.164 e. The Morgan fingerprint density at radius 3 is 1.33 bits per heavy atom. The standard InChI is InChI=1S/C45H29N3O/c1-3-11-32(12-4-1)37-15-7-8-16-38(37)33-23-19-30(20-24-33)31-21-25-35(26-22-31)44-46-43(34-13-5-2-6-14-34)47-45(48-44)36-27-28-40-39-17-9-10-18-41(39)49-42(40)29-36/h1-29H. The van der Waals surface area contributed by atoms with Crippen LogP contribution in [0.15, 0.2) is 180 Å². The van der Waals surface area contributed by atoms with Crippen molar-refractivity contribution in [3.63, 3.8) is 0 Å². The molecule has 0 amide bonds. The van der Waals surface area contributed by atoms with E-state index in [2.05, 4.69) is 121 Å². The zero-order valence-electron chi connectivity index (χ0n) is 26.5. The molecule has 0 radical (unpaired) electrons. The van der Waals surface area contributed by atoms with Crippen LogP contribution in [0.4, 0.5) is 0 Å². The number of rotatable bonds is 6. The van der Waals surface area contributed by atoms with Gasteiger partial charge < -0.3 is 4.42 Å². The Balaban J connectivity index is 1.06. The predicted molar refractivity (Wildman–Crippen MR) is 200 cm³/mol. The first-order valence-electron chi connectivity index (χ1n) is 16.4.